The molecule has 2 aliphatic rings. The molecule has 5 heteroatoms. The lowest BCUT2D eigenvalue weighted by atomic mass is 9.77. The molecule has 3 atom stereocenters. The Kier molecular flexibility index (Phi) is 4.48. The van der Waals surface area contributed by atoms with Crippen molar-refractivity contribution in [3.05, 3.63) is 52.5 Å². The van der Waals surface area contributed by atoms with Crippen LogP contribution < -0.4 is 14.8 Å². The molecular weight excluding hydrogens is 338 g/mol. The average Bonchev–Trinajstić information content (AvgIpc) is 2.66. The number of benzene rings is 2. The molecule has 0 aromatic heterocycles. The maximum atomic E-state index is 6.23. The van der Waals surface area contributed by atoms with Crippen LogP contribution in [-0.2, 0) is 4.74 Å². The fourth-order valence-corrected chi connectivity index (χ4v) is 4.29. The van der Waals surface area contributed by atoms with Gasteiger partial charge in [-0.3, -0.25) is 0 Å². The Morgan fingerprint density at radius 1 is 1.12 bits per heavy atom. The van der Waals surface area contributed by atoms with E-state index in [1.54, 1.807) is 14.2 Å². The van der Waals surface area contributed by atoms with Crippen molar-refractivity contribution in [1.29, 1.82) is 0 Å². The Balaban J connectivity index is 1.82. The highest BCUT2D eigenvalue weighted by Crippen LogP contribution is 2.51. The van der Waals surface area contributed by atoms with Gasteiger partial charge in [-0.05, 0) is 37.1 Å². The van der Waals surface area contributed by atoms with Gasteiger partial charge in [0, 0.05) is 34.4 Å². The summed E-state index contributed by atoms with van der Waals surface area (Å²) in [6, 6.07) is 12.1. The van der Waals surface area contributed by atoms with Gasteiger partial charge in [-0.25, -0.2) is 0 Å². The molecule has 2 aromatic carbocycles. The SMILES string of the molecule is COc1cccc([C@@H]2Nc3ccc(Cl)cc3[C@H]3OCCC[C@H]32)c1OC. The third-order valence-corrected chi connectivity index (χ3v) is 5.43. The highest BCUT2D eigenvalue weighted by atomic mass is 35.5. The van der Waals surface area contributed by atoms with Crippen LogP contribution in [0.5, 0.6) is 11.5 Å². The van der Waals surface area contributed by atoms with E-state index in [1.165, 1.54) is 0 Å². The number of hydrogen-bond acceptors (Lipinski definition) is 4. The van der Waals surface area contributed by atoms with Gasteiger partial charge >= 0.3 is 0 Å². The molecule has 0 spiro atoms. The molecule has 132 valence electrons. The van der Waals surface area contributed by atoms with Crippen molar-refractivity contribution in [1.82, 2.24) is 0 Å². The molecular formula is C20H22ClNO3. The maximum absolute atomic E-state index is 6.23. The van der Waals surface area contributed by atoms with Gasteiger partial charge in [-0.2, -0.15) is 0 Å². The minimum absolute atomic E-state index is 0.0459. The molecule has 2 aliphatic heterocycles. The lowest BCUT2D eigenvalue weighted by molar-refractivity contribution is -0.0383. The Morgan fingerprint density at radius 2 is 2.00 bits per heavy atom. The second-order valence-corrected chi connectivity index (χ2v) is 6.97. The van der Waals surface area contributed by atoms with E-state index in [-0.39, 0.29) is 12.1 Å². The summed E-state index contributed by atoms with van der Waals surface area (Å²) < 4.78 is 17.3. The molecule has 4 rings (SSSR count). The molecule has 0 aliphatic carbocycles. The van der Waals surface area contributed by atoms with Crippen LogP contribution in [-0.4, -0.2) is 20.8 Å². The summed E-state index contributed by atoms with van der Waals surface area (Å²) in [6.45, 7) is 0.787. The van der Waals surface area contributed by atoms with Gasteiger partial charge in [0.05, 0.1) is 26.4 Å². The summed E-state index contributed by atoms with van der Waals surface area (Å²) in [7, 11) is 3.35. The van der Waals surface area contributed by atoms with Crippen molar-refractivity contribution >= 4 is 17.3 Å². The first-order valence-electron chi connectivity index (χ1n) is 8.61. The van der Waals surface area contributed by atoms with E-state index in [0.717, 1.165) is 52.8 Å². The van der Waals surface area contributed by atoms with E-state index in [2.05, 4.69) is 11.4 Å². The monoisotopic (exact) mass is 359 g/mol. The van der Waals surface area contributed by atoms with Crippen molar-refractivity contribution in [2.75, 3.05) is 26.1 Å². The number of ether oxygens (including phenoxy) is 3. The average molecular weight is 360 g/mol. The highest BCUT2D eigenvalue weighted by molar-refractivity contribution is 6.30. The zero-order chi connectivity index (χ0) is 17.4. The Labute approximate surface area is 153 Å². The zero-order valence-corrected chi connectivity index (χ0v) is 15.2. The molecule has 0 unspecified atom stereocenters. The summed E-state index contributed by atoms with van der Waals surface area (Å²) in [4.78, 5) is 0. The van der Waals surface area contributed by atoms with Gasteiger partial charge in [0.2, 0.25) is 0 Å². The second-order valence-electron chi connectivity index (χ2n) is 6.53. The van der Waals surface area contributed by atoms with Crippen LogP contribution in [0.25, 0.3) is 0 Å². The molecule has 1 N–H and O–H groups in total. The number of rotatable bonds is 3. The molecule has 2 heterocycles. The van der Waals surface area contributed by atoms with E-state index in [4.69, 9.17) is 25.8 Å². The van der Waals surface area contributed by atoms with E-state index < -0.39 is 0 Å². The van der Waals surface area contributed by atoms with Crippen LogP contribution in [0, 0.1) is 5.92 Å². The molecule has 1 saturated heterocycles. The van der Waals surface area contributed by atoms with Gasteiger partial charge in [0.25, 0.3) is 0 Å². The number of anilines is 1. The second kappa shape index (κ2) is 6.77. The number of halogens is 1. The number of hydrogen-bond donors (Lipinski definition) is 1. The fraction of sp³-hybridized carbons (Fsp3) is 0.400. The number of nitrogens with one attached hydrogen (secondary N) is 1. The van der Waals surface area contributed by atoms with Gasteiger partial charge < -0.3 is 19.5 Å². The first-order chi connectivity index (χ1) is 12.2. The predicted octanol–water partition coefficient (Wildman–Crippen LogP) is 4.99. The quantitative estimate of drug-likeness (QED) is 0.837. The van der Waals surface area contributed by atoms with E-state index in [0.29, 0.717) is 5.92 Å². The standard InChI is InChI=1S/C20H22ClNO3/c1-23-17-7-3-5-14(20(17)24-2)18-13-6-4-10-25-19(13)15-11-12(21)8-9-16(15)22-18/h3,5,7-9,11,13,18-19,22H,4,6,10H2,1-2H3/t13-,18+,19-/m0/s1. The summed E-state index contributed by atoms with van der Waals surface area (Å²) in [5, 5.41) is 4.43. The number of methoxy groups -OCH3 is 2. The smallest absolute Gasteiger partial charge is 0.165 e. The van der Waals surface area contributed by atoms with Crippen molar-refractivity contribution in [2.45, 2.75) is 25.0 Å². The first-order valence-corrected chi connectivity index (χ1v) is 8.99. The minimum Gasteiger partial charge on any atom is -0.493 e. The van der Waals surface area contributed by atoms with Gasteiger partial charge in [-0.1, -0.05) is 23.7 Å². The minimum atomic E-state index is 0.0459. The first kappa shape index (κ1) is 16.6. The van der Waals surface area contributed by atoms with E-state index in [9.17, 15) is 0 Å². The topological polar surface area (TPSA) is 39.7 Å². The summed E-state index contributed by atoms with van der Waals surface area (Å²) in [6.07, 6.45) is 2.19. The molecule has 0 radical (unpaired) electrons. The summed E-state index contributed by atoms with van der Waals surface area (Å²) >= 11 is 6.23. The largest absolute Gasteiger partial charge is 0.493 e. The molecule has 0 bridgehead atoms. The lowest BCUT2D eigenvalue weighted by Gasteiger charge is -2.43. The van der Waals surface area contributed by atoms with Crippen LogP contribution >= 0.6 is 11.6 Å². The van der Waals surface area contributed by atoms with Crippen LogP contribution in [0.2, 0.25) is 5.02 Å². The molecule has 0 saturated carbocycles. The number of fused-ring (bicyclic) bond motifs is 3. The Bertz CT molecular complexity index is 780. The maximum Gasteiger partial charge on any atom is 0.165 e. The van der Waals surface area contributed by atoms with Crippen molar-refractivity contribution in [3.8, 4) is 11.5 Å². The lowest BCUT2D eigenvalue weighted by Crippen LogP contribution is -2.36. The van der Waals surface area contributed by atoms with Gasteiger partial charge in [-0.15, -0.1) is 0 Å². The normalized spacial score (nSPS) is 24.7. The predicted molar refractivity (Wildman–Crippen MR) is 98.8 cm³/mol. The van der Waals surface area contributed by atoms with Crippen LogP contribution in [0.15, 0.2) is 36.4 Å². The van der Waals surface area contributed by atoms with E-state index in [1.807, 2.05) is 30.3 Å². The van der Waals surface area contributed by atoms with Crippen molar-refractivity contribution in [3.63, 3.8) is 0 Å². The van der Waals surface area contributed by atoms with Crippen LogP contribution in [0.3, 0.4) is 0 Å². The molecule has 1 fully saturated rings. The fourth-order valence-electron chi connectivity index (χ4n) is 4.11. The molecule has 4 nitrogen and oxygen atoms in total. The van der Waals surface area contributed by atoms with Crippen molar-refractivity contribution < 1.29 is 14.2 Å². The number of para-hydroxylation sites is 1. The summed E-state index contributed by atoms with van der Waals surface area (Å²) in [5.41, 5.74) is 3.32. The Hall–Kier alpha value is -1.91. The molecule has 25 heavy (non-hydrogen) atoms. The molecule has 2 aromatic rings. The van der Waals surface area contributed by atoms with Gasteiger partial charge in [0.15, 0.2) is 11.5 Å². The van der Waals surface area contributed by atoms with E-state index >= 15 is 0 Å². The van der Waals surface area contributed by atoms with Crippen LogP contribution in [0.1, 0.15) is 36.1 Å². The highest BCUT2D eigenvalue weighted by Gasteiger charge is 2.41. The summed E-state index contributed by atoms with van der Waals surface area (Å²) in [5.74, 6) is 1.85. The molecule has 0 amide bonds. The van der Waals surface area contributed by atoms with Crippen molar-refractivity contribution in [2.24, 2.45) is 5.92 Å². The zero-order valence-electron chi connectivity index (χ0n) is 14.4. The Morgan fingerprint density at radius 3 is 2.80 bits per heavy atom. The third-order valence-electron chi connectivity index (χ3n) is 5.20. The van der Waals surface area contributed by atoms with Crippen LogP contribution in [0.4, 0.5) is 5.69 Å². The van der Waals surface area contributed by atoms with Gasteiger partial charge in [0.1, 0.15) is 0 Å². The third kappa shape index (κ3) is 2.83.